The molecule has 2 aromatic rings. The molecular weight excluding hydrogens is 545 g/mol. The van der Waals surface area contributed by atoms with E-state index in [1.807, 2.05) is 69.5 Å². The summed E-state index contributed by atoms with van der Waals surface area (Å²) in [5.74, 6) is 0.357. The Bertz CT molecular complexity index is 1350. The van der Waals surface area contributed by atoms with Crippen molar-refractivity contribution in [2.24, 2.45) is 4.99 Å². The van der Waals surface area contributed by atoms with Crippen molar-refractivity contribution in [1.29, 1.82) is 5.26 Å². The highest BCUT2D eigenvalue weighted by Crippen LogP contribution is 2.50. The van der Waals surface area contributed by atoms with Crippen LogP contribution in [-0.2, 0) is 23.3 Å². The molecule has 0 bridgehead atoms. The molecule has 0 amide bonds. The Morgan fingerprint density at radius 2 is 1.77 bits per heavy atom. The van der Waals surface area contributed by atoms with E-state index < -0.39 is 47.6 Å². The van der Waals surface area contributed by atoms with Crippen LogP contribution in [0.25, 0.3) is 5.52 Å². The molecule has 0 saturated carbocycles. The Balaban J connectivity index is 1.93. The molecule has 0 aromatic carbocycles. The Labute approximate surface area is 242 Å². The molecule has 0 spiro atoms. The van der Waals surface area contributed by atoms with Gasteiger partial charge in [0.1, 0.15) is 36.2 Å². The van der Waals surface area contributed by atoms with Gasteiger partial charge in [0.15, 0.2) is 5.82 Å². The van der Waals surface area contributed by atoms with Crippen LogP contribution < -0.4 is 0 Å². The number of fused-ring (bicyclic) bond motifs is 2. The van der Waals surface area contributed by atoms with E-state index in [2.05, 4.69) is 21.1 Å². The molecule has 0 aliphatic carbocycles. The molecule has 11 nitrogen and oxygen atoms in total. The van der Waals surface area contributed by atoms with E-state index >= 15 is 0 Å². The number of hydrogen-bond donors (Lipinski definition) is 1. The number of nitriles is 1. The number of hydrogen-bond acceptors (Lipinski definition) is 9. The summed E-state index contributed by atoms with van der Waals surface area (Å²) in [7, 11) is -2.90. The van der Waals surface area contributed by atoms with Gasteiger partial charge in [0, 0.05) is 14.1 Å². The molecule has 0 radical (unpaired) electrons. The van der Waals surface area contributed by atoms with Gasteiger partial charge in [0.2, 0.25) is 5.60 Å². The molecule has 1 N–H and O–H groups in total. The van der Waals surface area contributed by atoms with Gasteiger partial charge in [-0.3, -0.25) is 0 Å². The molecule has 13 heteroatoms. The Morgan fingerprint density at radius 3 is 2.33 bits per heavy atom. The number of rotatable bonds is 7. The van der Waals surface area contributed by atoms with Crippen LogP contribution >= 0.6 is 0 Å². The average Bonchev–Trinajstić information content (AvgIpc) is 3.45. The second kappa shape index (κ2) is 11.2. The maximum atomic E-state index is 12.0. The van der Waals surface area contributed by atoms with Crippen LogP contribution in [0.2, 0.25) is 22.2 Å². The molecule has 4 rings (SSSR count). The number of ether oxygens (including phenoxy) is 1. The van der Waals surface area contributed by atoms with Crippen molar-refractivity contribution in [3.8, 4) is 6.07 Å². The second-order valence-electron chi connectivity index (χ2n) is 12.1. The number of nitrogens with zero attached hydrogens (tertiary/aromatic N) is 6. The number of aliphatic hydroxyl groups excluding tert-OH is 1. The zero-order valence-electron chi connectivity index (χ0n) is 27.1. The van der Waals surface area contributed by atoms with Crippen LogP contribution in [0.4, 0.5) is 5.82 Å². The van der Waals surface area contributed by atoms with Crippen molar-refractivity contribution in [2.75, 3.05) is 20.7 Å². The minimum atomic E-state index is -3.32. The van der Waals surface area contributed by atoms with Crippen LogP contribution in [0.3, 0.4) is 0 Å². The third-order valence-electron chi connectivity index (χ3n) is 7.92. The highest BCUT2D eigenvalue weighted by molar-refractivity contribution is 6.84. The predicted molar refractivity (Wildman–Crippen MR) is 157 cm³/mol. The van der Waals surface area contributed by atoms with E-state index in [0.29, 0.717) is 11.3 Å². The van der Waals surface area contributed by atoms with Gasteiger partial charge >= 0.3 is 17.1 Å². The first-order valence-corrected chi connectivity index (χ1v) is 17.8. The fraction of sp³-hybridized carbons (Fsp3) is 0.704. The lowest BCUT2D eigenvalue weighted by Gasteiger charge is -2.51. The molecule has 2 saturated heterocycles. The molecule has 4 heterocycles. The van der Waals surface area contributed by atoms with E-state index in [0.717, 1.165) is 0 Å². The first kappa shape index (κ1) is 28.0. The predicted octanol–water partition coefficient (Wildman–Crippen LogP) is 4.39. The second-order valence-corrected chi connectivity index (χ2v) is 20.9. The van der Waals surface area contributed by atoms with E-state index in [-0.39, 0.29) is 27.9 Å². The quantitative estimate of drug-likeness (QED) is 0.284. The number of aliphatic hydroxyl groups is 1. The van der Waals surface area contributed by atoms with Gasteiger partial charge in [-0.1, -0.05) is 55.4 Å². The van der Waals surface area contributed by atoms with E-state index in [4.69, 9.17) is 20.4 Å². The van der Waals surface area contributed by atoms with Gasteiger partial charge in [-0.05, 0) is 34.3 Å². The van der Waals surface area contributed by atoms with Gasteiger partial charge in [-0.2, -0.15) is 10.4 Å². The Kier molecular flexibility index (Phi) is 7.86. The largest absolute Gasteiger partial charge is 0.414 e. The summed E-state index contributed by atoms with van der Waals surface area (Å²) < 4.78 is 46.7. The molecule has 2 aliphatic rings. The van der Waals surface area contributed by atoms with Crippen LogP contribution in [0.15, 0.2) is 23.5 Å². The highest BCUT2D eigenvalue weighted by Gasteiger charge is 2.65. The smallest absolute Gasteiger partial charge is 0.335 e. The van der Waals surface area contributed by atoms with Gasteiger partial charge in [0.25, 0.3) is 0 Å². The summed E-state index contributed by atoms with van der Waals surface area (Å²) in [5, 5.41) is 27.0. The number of aliphatic imine (C=N–C) groups is 1. The molecular formula is C27H44N6O5Si2. The lowest BCUT2D eigenvalue weighted by Crippen LogP contribution is -2.66. The Morgan fingerprint density at radius 1 is 1.15 bits per heavy atom. The molecule has 2 aromatic heterocycles. The lowest BCUT2D eigenvalue weighted by atomic mass is 9.92. The molecule has 0 unspecified atom stereocenters. The van der Waals surface area contributed by atoms with Crippen LogP contribution in [0.5, 0.6) is 0 Å². The summed E-state index contributed by atoms with van der Waals surface area (Å²) in [6.07, 6.45) is -1.36. The third-order valence-corrected chi connectivity index (χ3v) is 18.0. The van der Waals surface area contributed by atoms with Gasteiger partial charge in [0.05, 0.1) is 21.3 Å². The zero-order chi connectivity index (χ0) is 31.4. The van der Waals surface area contributed by atoms with Crippen molar-refractivity contribution < 1.29 is 25.6 Å². The molecule has 4 atom stereocenters. The standard InChI is InChI=1S/C27H44N6O5Si2/c1-17(2)39(18(3)4)35-13-22-24(37-40(38-39,19(5)6)20(7)8)25(34)27(14-28,36-22)23-12-11-21-26(30-16-32(9)10)29-15-31-33(21)23/h11-12,15-20,22,24-25,34H,13H2,1-10H3/t22-,24-,25-,27+/m1/s1/i13D2. The fourth-order valence-corrected chi connectivity index (χ4v) is 16.5. The zero-order valence-corrected chi connectivity index (χ0v) is 27.1. The molecule has 2 fully saturated rings. The van der Waals surface area contributed by atoms with Crippen molar-refractivity contribution in [3.05, 3.63) is 24.2 Å². The normalized spacial score (nSPS) is 30.4. The maximum Gasteiger partial charge on any atom is 0.335 e. The minimum absolute atomic E-state index is 0.0710. The van der Waals surface area contributed by atoms with Gasteiger partial charge in [-0.25, -0.2) is 14.5 Å². The minimum Gasteiger partial charge on any atom is -0.414 e. The van der Waals surface area contributed by atoms with Gasteiger partial charge < -0.3 is 27.7 Å². The Hall–Kier alpha value is -2.19. The summed E-state index contributed by atoms with van der Waals surface area (Å²) in [4.78, 5) is 10.4. The highest BCUT2D eigenvalue weighted by atomic mass is 28.5. The summed E-state index contributed by atoms with van der Waals surface area (Å²) in [6, 6.07) is 5.47. The summed E-state index contributed by atoms with van der Waals surface area (Å²) >= 11 is 0. The molecule has 220 valence electrons. The van der Waals surface area contributed by atoms with Crippen molar-refractivity contribution in [2.45, 2.75) is 101 Å². The van der Waals surface area contributed by atoms with E-state index in [9.17, 15) is 10.4 Å². The SMILES string of the molecule is [2H]C1([2H])O[Si](C(C)C)(C(C)C)O[Si](C(C)C)(C(C)C)O[C@H]2[C@@H](O)[C@](C#N)(c3ccc4c(N=CN(C)C)ncnn34)O[C@@H]21. The van der Waals surface area contributed by atoms with E-state index in [1.54, 1.807) is 23.4 Å². The summed E-state index contributed by atoms with van der Waals surface area (Å²) in [5.41, 5.74) is -1.71. The maximum absolute atomic E-state index is 12.0. The van der Waals surface area contributed by atoms with Crippen molar-refractivity contribution >= 4 is 34.8 Å². The average molecular weight is 591 g/mol. The van der Waals surface area contributed by atoms with Gasteiger partial charge in [-0.15, -0.1) is 0 Å². The van der Waals surface area contributed by atoms with Crippen LogP contribution in [0, 0.1) is 11.3 Å². The first-order chi connectivity index (χ1) is 19.5. The summed E-state index contributed by atoms with van der Waals surface area (Å²) in [6.45, 7) is 13.7. The topological polar surface area (TPSA) is 127 Å². The monoisotopic (exact) mass is 590 g/mol. The van der Waals surface area contributed by atoms with Crippen molar-refractivity contribution in [1.82, 2.24) is 19.5 Å². The fourth-order valence-electron chi connectivity index (χ4n) is 5.75. The number of aromatic nitrogens is 3. The third kappa shape index (κ3) is 4.83. The molecule has 2 aliphatic heterocycles. The molecule has 40 heavy (non-hydrogen) atoms. The van der Waals surface area contributed by atoms with Crippen molar-refractivity contribution in [3.63, 3.8) is 0 Å². The van der Waals surface area contributed by atoms with E-state index in [1.165, 1.54) is 10.8 Å². The van der Waals surface area contributed by atoms with Crippen LogP contribution in [0.1, 0.15) is 63.8 Å². The lowest BCUT2D eigenvalue weighted by molar-refractivity contribution is -0.0678. The first-order valence-electron chi connectivity index (χ1n) is 14.9. The van der Waals surface area contributed by atoms with Crippen LogP contribution in [-0.4, -0.2) is 87.0 Å².